The zero-order valence-corrected chi connectivity index (χ0v) is 14.0. The van der Waals surface area contributed by atoms with E-state index in [2.05, 4.69) is 4.98 Å². The third kappa shape index (κ3) is 4.72. The second kappa shape index (κ2) is 7.04. The van der Waals surface area contributed by atoms with Crippen LogP contribution >= 0.6 is 0 Å². The number of aromatic nitrogens is 1. The molecular weight excluding hydrogens is 300 g/mol. The van der Waals surface area contributed by atoms with E-state index in [4.69, 9.17) is 24.7 Å². The van der Waals surface area contributed by atoms with Gasteiger partial charge in [0, 0.05) is 7.11 Å². The van der Waals surface area contributed by atoms with E-state index < -0.39 is 6.09 Å². The monoisotopic (exact) mass is 324 g/mol. The van der Waals surface area contributed by atoms with Crippen LogP contribution in [0.15, 0.2) is 6.20 Å². The SMILES string of the molecule is COCOc1cnc(OCC2CC2)c(C(C)(C)C)c1OC(N)=O. The fourth-order valence-electron chi connectivity index (χ4n) is 2.14. The van der Waals surface area contributed by atoms with Crippen LogP contribution in [0, 0.1) is 5.92 Å². The molecule has 7 nitrogen and oxygen atoms in total. The number of hydrogen-bond donors (Lipinski definition) is 1. The van der Waals surface area contributed by atoms with Gasteiger partial charge in [-0.25, -0.2) is 9.78 Å². The van der Waals surface area contributed by atoms with Crippen LogP contribution in [-0.2, 0) is 10.2 Å². The van der Waals surface area contributed by atoms with Crippen LogP contribution in [0.4, 0.5) is 4.79 Å². The topological polar surface area (TPSA) is 92.9 Å². The molecule has 1 amide bonds. The fourth-order valence-corrected chi connectivity index (χ4v) is 2.14. The summed E-state index contributed by atoms with van der Waals surface area (Å²) in [5, 5.41) is 0. The Bertz CT molecular complexity index is 564. The summed E-state index contributed by atoms with van der Waals surface area (Å²) >= 11 is 0. The van der Waals surface area contributed by atoms with Gasteiger partial charge in [0.1, 0.15) is 0 Å². The number of amides is 1. The molecule has 0 saturated heterocycles. The van der Waals surface area contributed by atoms with E-state index in [1.54, 1.807) is 0 Å². The highest BCUT2D eigenvalue weighted by molar-refractivity contribution is 5.71. The molecule has 0 aliphatic heterocycles. The molecular formula is C16H24N2O5. The minimum absolute atomic E-state index is 0.00264. The number of rotatable bonds is 7. The predicted molar refractivity (Wildman–Crippen MR) is 83.9 cm³/mol. The lowest BCUT2D eigenvalue weighted by atomic mass is 9.86. The van der Waals surface area contributed by atoms with E-state index >= 15 is 0 Å². The largest absolute Gasteiger partial charge is 0.477 e. The molecule has 0 bridgehead atoms. The van der Waals surface area contributed by atoms with E-state index in [1.165, 1.54) is 26.1 Å². The molecule has 0 aromatic carbocycles. The number of ether oxygens (including phenoxy) is 4. The van der Waals surface area contributed by atoms with Gasteiger partial charge in [-0.2, -0.15) is 0 Å². The molecule has 1 heterocycles. The van der Waals surface area contributed by atoms with E-state index in [-0.39, 0.29) is 23.7 Å². The van der Waals surface area contributed by atoms with Crippen molar-refractivity contribution in [3.63, 3.8) is 0 Å². The molecule has 0 unspecified atom stereocenters. The zero-order valence-electron chi connectivity index (χ0n) is 14.0. The van der Waals surface area contributed by atoms with Crippen molar-refractivity contribution in [2.45, 2.75) is 39.0 Å². The second-order valence-corrected chi connectivity index (χ2v) is 6.61. The lowest BCUT2D eigenvalue weighted by Crippen LogP contribution is -2.23. The third-order valence-corrected chi connectivity index (χ3v) is 3.40. The van der Waals surface area contributed by atoms with Crippen molar-refractivity contribution in [1.29, 1.82) is 0 Å². The summed E-state index contributed by atoms with van der Waals surface area (Å²) < 4.78 is 21.4. The number of pyridine rings is 1. The summed E-state index contributed by atoms with van der Waals surface area (Å²) in [5.41, 5.74) is 5.47. The number of primary amides is 1. The maximum Gasteiger partial charge on any atom is 0.410 e. The average Bonchev–Trinajstić information content (AvgIpc) is 3.26. The van der Waals surface area contributed by atoms with Crippen LogP contribution in [-0.4, -0.2) is 31.6 Å². The highest BCUT2D eigenvalue weighted by atomic mass is 16.7. The molecule has 2 rings (SSSR count). The molecule has 0 spiro atoms. The Morgan fingerprint density at radius 3 is 2.57 bits per heavy atom. The first-order chi connectivity index (χ1) is 10.8. The number of carbonyl (C=O) groups is 1. The highest BCUT2D eigenvalue weighted by Crippen LogP contribution is 2.44. The zero-order chi connectivity index (χ0) is 17.0. The Balaban J connectivity index is 2.42. The molecule has 0 radical (unpaired) electrons. The van der Waals surface area contributed by atoms with Gasteiger partial charge in [-0.1, -0.05) is 20.8 Å². The number of nitrogens with zero attached hydrogens (tertiary/aromatic N) is 1. The summed E-state index contributed by atoms with van der Waals surface area (Å²) in [4.78, 5) is 15.6. The van der Waals surface area contributed by atoms with Crippen molar-refractivity contribution < 1.29 is 23.7 Å². The van der Waals surface area contributed by atoms with Crippen molar-refractivity contribution in [3.05, 3.63) is 11.8 Å². The quantitative estimate of drug-likeness (QED) is 0.775. The van der Waals surface area contributed by atoms with Crippen LogP contribution in [0.25, 0.3) is 0 Å². The van der Waals surface area contributed by atoms with Gasteiger partial charge < -0.3 is 24.7 Å². The summed E-state index contributed by atoms with van der Waals surface area (Å²) in [6.45, 7) is 6.53. The number of hydrogen-bond acceptors (Lipinski definition) is 6. The number of nitrogens with two attached hydrogens (primary N) is 1. The Labute approximate surface area is 136 Å². The van der Waals surface area contributed by atoms with E-state index in [9.17, 15) is 4.79 Å². The molecule has 1 aromatic heterocycles. The van der Waals surface area contributed by atoms with Gasteiger partial charge in [0.15, 0.2) is 18.3 Å². The van der Waals surface area contributed by atoms with E-state index in [0.29, 0.717) is 24.0 Å². The minimum atomic E-state index is -0.919. The average molecular weight is 324 g/mol. The molecule has 1 aliphatic rings. The van der Waals surface area contributed by atoms with Crippen molar-refractivity contribution in [2.75, 3.05) is 20.5 Å². The molecule has 128 valence electrons. The van der Waals surface area contributed by atoms with Crippen LogP contribution in [0.5, 0.6) is 17.4 Å². The lowest BCUT2D eigenvalue weighted by molar-refractivity contribution is 0.0487. The maximum absolute atomic E-state index is 11.3. The van der Waals surface area contributed by atoms with Crippen molar-refractivity contribution >= 4 is 6.09 Å². The smallest absolute Gasteiger partial charge is 0.410 e. The van der Waals surface area contributed by atoms with Gasteiger partial charge in [0.25, 0.3) is 0 Å². The molecule has 2 N–H and O–H groups in total. The second-order valence-electron chi connectivity index (χ2n) is 6.61. The Kier molecular flexibility index (Phi) is 5.30. The Hall–Kier alpha value is -2.02. The summed E-state index contributed by atoms with van der Waals surface area (Å²) in [7, 11) is 1.50. The van der Waals surface area contributed by atoms with E-state index in [1.807, 2.05) is 20.8 Å². The first kappa shape index (κ1) is 17.3. The van der Waals surface area contributed by atoms with Crippen molar-refractivity contribution in [1.82, 2.24) is 4.98 Å². The first-order valence-electron chi connectivity index (χ1n) is 7.58. The molecule has 0 atom stereocenters. The van der Waals surface area contributed by atoms with Crippen LogP contribution < -0.4 is 19.9 Å². The van der Waals surface area contributed by atoms with Crippen LogP contribution in [0.2, 0.25) is 0 Å². The number of carbonyl (C=O) groups excluding carboxylic acids is 1. The van der Waals surface area contributed by atoms with Crippen molar-refractivity contribution in [2.24, 2.45) is 11.7 Å². The van der Waals surface area contributed by atoms with Gasteiger partial charge >= 0.3 is 6.09 Å². The maximum atomic E-state index is 11.3. The Morgan fingerprint density at radius 1 is 1.35 bits per heavy atom. The molecule has 7 heteroatoms. The molecule has 1 saturated carbocycles. The Morgan fingerprint density at radius 2 is 2.04 bits per heavy atom. The standard InChI is InChI=1S/C16H24N2O5/c1-16(2,3)12-13(23-15(17)19)11(22-9-20-4)7-18-14(12)21-8-10-5-6-10/h7,10H,5-6,8-9H2,1-4H3,(H2,17,19). The first-order valence-corrected chi connectivity index (χ1v) is 7.58. The number of methoxy groups -OCH3 is 1. The molecule has 1 fully saturated rings. The van der Waals surface area contributed by atoms with Gasteiger partial charge in [0.2, 0.25) is 5.88 Å². The fraction of sp³-hybridized carbons (Fsp3) is 0.625. The molecule has 23 heavy (non-hydrogen) atoms. The van der Waals surface area contributed by atoms with Crippen LogP contribution in [0.1, 0.15) is 39.2 Å². The molecule has 1 aliphatic carbocycles. The normalized spacial score (nSPS) is 14.4. The van der Waals surface area contributed by atoms with Crippen LogP contribution in [0.3, 0.4) is 0 Å². The predicted octanol–water partition coefficient (Wildman–Crippen LogP) is 2.61. The van der Waals surface area contributed by atoms with Gasteiger partial charge in [0.05, 0.1) is 18.4 Å². The summed E-state index contributed by atoms with van der Waals surface area (Å²) in [5.74, 6) is 1.53. The molecule has 1 aromatic rings. The minimum Gasteiger partial charge on any atom is -0.477 e. The van der Waals surface area contributed by atoms with Gasteiger partial charge in [-0.05, 0) is 24.2 Å². The third-order valence-electron chi connectivity index (χ3n) is 3.40. The lowest BCUT2D eigenvalue weighted by Gasteiger charge is -2.25. The summed E-state index contributed by atoms with van der Waals surface area (Å²) in [6.07, 6.45) is 2.88. The highest BCUT2D eigenvalue weighted by Gasteiger charge is 2.31. The van der Waals surface area contributed by atoms with Gasteiger partial charge in [-0.15, -0.1) is 0 Å². The van der Waals surface area contributed by atoms with Gasteiger partial charge in [-0.3, -0.25) is 0 Å². The van der Waals surface area contributed by atoms with E-state index in [0.717, 1.165) is 0 Å². The van der Waals surface area contributed by atoms with Crippen molar-refractivity contribution in [3.8, 4) is 17.4 Å². The summed E-state index contributed by atoms with van der Waals surface area (Å²) in [6, 6.07) is 0.